The number of carbonyl (C=O) groups is 1. The highest BCUT2D eigenvalue weighted by Crippen LogP contribution is 2.25. The van der Waals surface area contributed by atoms with Gasteiger partial charge in [0.05, 0.1) is 21.6 Å². The number of hydrogen-bond donors (Lipinski definition) is 2. The van der Waals surface area contributed by atoms with Crippen LogP contribution in [0.15, 0.2) is 71.6 Å². The van der Waals surface area contributed by atoms with E-state index in [0.717, 1.165) is 21.5 Å². The van der Waals surface area contributed by atoms with E-state index < -0.39 is 11.2 Å². The Kier molecular flexibility index (Phi) is 5.09. The standard InChI is InChI=1S/C21H16ClN3O2S/c1-28(27)15-6-4-5-13(11-15)20-24-18-10-9-14(12-19(18)25-20)23-21(26)16-7-2-3-8-17(16)22/h2-12H,1H3,(H,23,26)(H,24,25). The van der Waals surface area contributed by atoms with E-state index >= 15 is 0 Å². The quantitative estimate of drug-likeness (QED) is 0.471. The summed E-state index contributed by atoms with van der Waals surface area (Å²) < 4.78 is 11.7. The lowest BCUT2D eigenvalue weighted by atomic mass is 10.2. The molecule has 4 rings (SSSR count). The average molecular weight is 410 g/mol. The molecule has 0 aliphatic carbocycles. The Labute approximate surface area is 169 Å². The van der Waals surface area contributed by atoms with Crippen LogP contribution in [-0.4, -0.2) is 26.7 Å². The van der Waals surface area contributed by atoms with Crippen molar-refractivity contribution in [1.29, 1.82) is 0 Å². The third-order valence-electron chi connectivity index (χ3n) is 4.30. The summed E-state index contributed by atoms with van der Waals surface area (Å²) in [6.07, 6.45) is 1.64. The molecule has 3 aromatic carbocycles. The predicted octanol–water partition coefficient (Wildman–Crippen LogP) is 4.87. The fraction of sp³-hybridized carbons (Fsp3) is 0.0476. The Balaban J connectivity index is 1.63. The van der Waals surface area contributed by atoms with Gasteiger partial charge in [-0.15, -0.1) is 0 Å². The Hall–Kier alpha value is -2.80. The summed E-state index contributed by atoms with van der Waals surface area (Å²) in [6, 6.07) is 19.8. The lowest BCUT2D eigenvalue weighted by molar-refractivity contribution is 0.102. The van der Waals surface area contributed by atoms with Crippen molar-refractivity contribution in [2.45, 2.75) is 4.90 Å². The summed E-state index contributed by atoms with van der Waals surface area (Å²) in [5.74, 6) is 0.399. The number of aromatic nitrogens is 2. The summed E-state index contributed by atoms with van der Waals surface area (Å²) in [7, 11) is 0. The molecule has 2 N–H and O–H groups in total. The minimum absolute atomic E-state index is 0.279. The van der Waals surface area contributed by atoms with Crippen LogP contribution in [0.4, 0.5) is 5.69 Å². The Morgan fingerprint density at radius 2 is 1.93 bits per heavy atom. The summed E-state index contributed by atoms with van der Waals surface area (Å²) >= 11 is 5.03. The molecule has 1 heterocycles. The number of imidazole rings is 1. The number of nitrogens with zero attached hydrogens (tertiary/aromatic N) is 1. The summed E-state index contributed by atoms with van der Waals surface area (Å²) in [5.41, 5.74) is 3.45. The molecule has 0 aliphatic heterocycles. The molecule has 0 saturated carbocycles. The maximum atomic E-state index is 12.4. The summed E-state index contributed by atoms with van der Waals surface area (Å²) in [4.78, 5) is 21.1. The van der Waals surface area contributed by atoms with Crippen LogP contribution in [0.25, 0.3) is 22.4 Å². The number of aromatic amines is 1. The number of H-pyrrole nitrogens is 1. The number of hydrogen-bond acceptors (Lipinski definition) is 3. The molecule has 1 aromatic heterocycles. The van der Waals surface area contributed by atoms with Gasteiger partial charge in [-0.3, -0.25) is 4.79 Å². The molecule has 1 amide bonds. The molecule has 0 radical (unpaired) electrons. The monoisotopic (exact) mass is 409 g/mol. The molecule has 0 saturated heterocycles. The van der Waals surface area contributed by atoms with Gasteiger partial charge in [-0.1, -0.05) is 35.9 Å². The molecule has 7 heteroatoms. The minimum Gasteiger partial charge on any atom is -0.612 e. The Bertz CT molecular complexity index is 1170. The van der Waals surface area contributed by atoms with E-state index in [9.17, 15) is 9.35 Å². The fourth-order valence-electron chi connectivity index (χ4n) is 2.89. The van der Waals surface area contributed by atoms with Gasteiger partial charge >= 0.3 is 0 Å². The SMILES string of the molecule is C[S+]([O-])c1cccc(-c2nc3cc(NC(=O)c4ccccc4Cl)ccc3[nH]2)c1. The molecule has 0 fully saturated rings. The topological polar surface area (TPSA) is 80.8 Å². The number of nitrogens with one attached hydrogen (secondary N) is 2. The van der Waals surface area contributed by atoms with Gasteiger partial charge in [-0.05, 0) is 47.6 Å². The van der Waals surface area contributed by atoms with Crippen molar-refractivity contribution < 1.29 is 9.35 Å². The van der Waals surface area contributed by atoms with Crippen LogP contribution in [0.1, 0.15) is 10.4 Å². The van der Waals surface area contributed by atoms with Gasteiger partial charge in [0.1, 0.15) is 12.1 Å². The molecule has 4 aromatic rings. The molecule has 0 bridgehead atoms. The normalized spacial score (nSPS) is 12.1. The van der Waals surface area contributed by atoms with Crippen molar-refractivity contribution in [2.75, 3.05) is 11.6 Å². The first-order chi connectivity index (χ1) is 13.5. The zero-order valence-electron chi connectivity index (χ0n) is 14.9. The second-order valence-electron chi connectivity index (χ2n) is 6.23. The number of anilines is 1. The maximum Gasteiger partial charge on any atom is 0.257 e. The first-order valence-corrected chi connectivity index (χ1v) is 10.4. The average Bonchev–Trinajstić information content (AvgIpc) is 3.12. The van der Waals surface area contributed by atoms with Crippen LogP contribution in [-0.2, 0) is 11.2 Å². The van der Waals surface area contributed by atoms with Gasteiger partial charge in [-0.25, -0.2) is 4.98 Å². The van der Waals surface area contributed by atoms with Gasteiger partial charge in [0.2, 0.25) is 0 Å². The smallest absolute Gasteiger partial charge is 0.257 e. The van der Waals surface area contributed by atoms with E-state index in [1.165, 1.54) is 0 Å². The van der Waals surface area contributed by atoms with Gasteiger partial charge in [0.25, 0.3) is 5.91 Å². The highest BCUT2D eigenvalue weighted by atomic mass is 35.5. The first kappa shape index (κ1) is 18.6. The highest BCUT2D eigenvalue weighted by molar-refractivity contribution is 7.90. The summed E-state index contributed by atoms with van der Waals surface area (Å²) in [5, 5.41) is 3.25. The van der Waals surface area contributed by atoms with Gasteiger partial charge in [0, 0.05) is 17.3 Å². The van der Waals surface area contributed by atoms with E-state index in [2.05, 4.69) is 15.3 Å². The number of fused-ring (bicyclic) bond motifs is 1. The van der Waals surface area contributed by atoms with E-state index in [1.807, 2.05) is 30.3 Å². The third-order valence-corrected chi connectivity index (χ3v) is 5.55. The van der Waals surface area contributed by atoms with Gasteiger partial charge < -0.3 is 14.9 Å². The molecule has 0 aliphatic rings. The molecule has 28 heavy (non-hydrogen) atoms. The molecular formula is C21H16ClN3O2S. The number of carbonyl (C=O) groups excluding carboxylic acids is 1. The number of halogens is 1. The minimum atomic E-state index is -1.06. The maximum absolute atomic E-state index is 12.4. The van der Waals surface area contributed by atoms with E-state index in [4.69, 9.17) is 11.6 Å². The van der Waals surface area contributed by atoms with Crippen molar-refractivity contribution in [1.82, 2.24) is 9.97 Å². The highest BCUT2D eigenvalue weighted by Gasteiger charge is 2.12. The molecule has 1 unspecified atom stereocenters. The number of benzene rings is 3. The first-order valence-electron chi connectivity index (χ1n) is 8.51. The third kappa shape index (κ3) is 3.75. The van der Waals surface area contributed by atoms with Crippen LogP contribution < -0.4 is 5.32 Å². The summed E-state index contributed by atoms with van der Waals surface area (Å²) in [6.45, 7) is 0. The molecule has 0 spiro atoms. The Morgan fingerprint density at radius 1 is 1.11 bits per heavy atom. The van der Waals surface area contributed by atoms with Crippen LogP contribution in [0.5, 0.6) is 0 Å². The van der Waals surface area contributed by atoms with Gasteiger partial charge in [-0.2, -0.15) is 0 Å². The Morgan fingerprint density at radius 3 is 2.71 bits per heavy atom. The second-order valence-corrected chi connectivity index (χ2v) is 8.02. The predicted molar refractivity (Wildman–Crippen MR) is 113 cm³/mol. The van der Waals surface area contributed by atoms with Crippen molar-refractivity contribution >= 4 is 45.4 Å². The molecule has 140 valence electrons. The molecular weight excluding hydrogens is 394 g/mol. The van der Waals surface area contributed by atoms with Crippen LogP contribution in [0, 0.1) is 0 Å². The van der Waals surface area contributed by atoms with Crippen molar-refractivity contribution in [2.24, 2.45) is 0 Å². The van der Waals surface area contributed by atoms with Crippen molar-refractivity contribution in [3.05, 3.63) is 77.3 Å². The second kappa shape index (κ2) is 7.67. The molecule has 5 nitrogen and oxygen atoms in total. The molecule has 1 atom stereocenters. The van der Waals surface area contributed by atoms with Crippen LogP contribution >= 0.6 is 11.6 Å². The van der Waals surface area contributed by atoms with E-state index in [-0.39, 0.29) is 5.91 Å². The number of amides is 1. The van der Waals surface area contributed by atoms with Gasteiger partial charge in [0.15, 0.2) is 4.90 Å². The van der Waals surface area contributed by atoms with Crippen molar-refractivity contribution in [3.8, 4) is 11.4 Å². The van der Waals surface area contributed by atoms with Crippen molar-refractivity contribution in [3.63, 3.8) is 0 Å². The zero-order chi connectivity index (χ0) is 19.7. The lowest BCUT2D eigenvalue weighted by Crippen LogP contribution is -2.12. The van der Waals surface area contributed by atoms with E-state index in [0.29, 0.717) is 22.1 Å². The van der Waals surface area contributed by atoms with Crippen LogP contribution in [0.2, 0.25) is 5.02 Å². The van der Waals surface area contributed by atoms with E-state index in [1.54, 1.807) is 42.7 Å². The fourth-order valence-corrected chi connectivity index (χ4v) is 3.67. The van der Waals surface area contributed by atoms with Crippen LogP contribution in [0.3, 0.4) is 0 Å². The number of rotatable bonds is 4. The largest absolute Gasteiger partial charge is 0.612 e. The zero-order valence-corrected chi connectivity index (χ0v) is 16.5. The lowest BCUT2D eigenvalue weighted by Gasteiger charge is -2.06.